The number of esters is 1. The monoisotopic (exact) mass is 466 g/mol. The number of aromatic hydroxyl groups is 1. The molecule has 0 bridgehead atoms. The van der Waals surface area contributed by atoms with Crippen LogP contribution in [0.15, 0.2) is 33.3 Å². The number of halogens is 2. The van der Waals surface area contributed by atoms with E-state index < -0.39 is 5.97 Å². The Kier molecular flexibility index (Phi) is 4.91. The third-order valence-electron chi connectivity index (χ3n) is 3.52. The third kappa shape index (κ3) is 3.45. The number of nitrogens with one attached hydrogen (secondary N) is 1. The molecular weight excluding hydrogens is 456 g/mol. The van der Waals surface area contributed by atoms with Crippen LogP contribution in [0, 0.1) is 0 Å². The standard InChI is InChI=1S/C17H12Br2N2O4/c1-2-25-17(24)9-6-10-11(16(23)21-15(10)20-7-9)3-8-4-12(18)14(22)13(19)5-8/h3-7,22H,2H2,1H3,(H,20,21,23)/b11-3-. The molecule has 1 aromatic carbocycles. The summed E-state index contributed by atoms with van der Waals surface area (Å²) < 4.78 is 5.95. The van der Waals surface area contributed by atoms with Crippen LogP contribution in [-0.4, -0.2) is 28.6 Å². The number of nitrogens with zero attached hydrogens (tertiary/aromatic N) is 1. The average molecular weight is 468 g/mol. The lowest BCUT2D eigenvalue weighted by Gasteiger charge is -2.05. The molecule has 2 heterocycles. The smallest absolute Gasteiger partial charge is 0.339 e. The summed E-state index contributed by atoms with van der Waals surface area (Å²) in [5.41, 5.74) is 1.86. The minimum absolute atomic E-state index is 0.0738. The Hall–Kier alpha value is -2.19. The number of anilines is 1. The van der Waals surface area contributed by atoms with E-state index in [1.54, 1.807) is 31.2 Å². The van der Waals surface area contributed by atoms with E-state index in [2.05, 4.69) is 42.2 Å². The summed E-state index contributed by atoms with van der Waals surface area (Å²) in [5.74, 6) is -0.346. The normalized spacial score (nSPS) is 14.4. The number of benzene rings is 1. The van der Waals surface area contributed by atoms with Gasteiger partial charge < -0.3 is 15.2 Å². The first-order valence-corrected chi connectivity index (χ1v) is 8.88. The lowest BCUT2D eigenvalue weighted by atomic mass is 10.0. The van der Waals surface area contributed by atoms with Crippen LogP contribution < -0.4 is 5.32 Å². The number of rotatable bonds is 3. The summed E-state index contributed by atoms with van der Waals surface area (Å²) in [6.07, 6.45) is 3.03. The van der Waals surface area contributed by atoms with Crippen LogP contribution in [0.4, 0.5) is 5.82 Å². The molecule has 25 heavy (non-hydrogen) atoms. The summed E-state index contributed by atoms with van der Waals surface area (Å²) >= 11 is 6.52. The van der Waals surface area contributed by atoms with Crippen molar-refractivity contribution in [3.05, 3.63) is 50.0 Å². The van der Waals surface area contributed by atoms with Crippen molar-refractivity contribution in [1.82, 2.24) is 4.98 Å². The quantitative estimate of drug-likeness (QED) is 0.526. The third-order valence-corrected chi connectivity index (χ3v) is 4.72. The Labute approximate surface area is 160 Å². The van der Waals surface area contributed by atoms with E-state index in [1.807, 2.05) is 0 Å². The molecule has 0 fully saturated rings. The first kappa shape index (κ1) is 17.6. The summed E-state index contributed by atoms with van der Waals surface area (Å²) in [6.45, 7) is 1.97. The van der Waals surface area contributed by atoms with Crippen molar-refractivity contribution in [2.24, 2.45) is 0 Å². The van der Waals surface area contributed by atoms with Crippen molar-refractivity contribution in [2.75, 3.05) is 11.9 Å². The summed E-state index contributed by atoms with van der Waals surface area (Å²) in [5, 5.41) is 12.5. The number of aromatic nitrogens is 1. The van der Waals surface area contributed by atoms with Gasteiger partial charge >= 0.3 is 5.97 Å². The minimum Gasteiger partial charge on any atom is -0.506 e. The van der Waals surface area contributed by atoms with Crippen LogP contribution >= 0.6 is 31.9 Å². The molecule has 0 aliphatic carbocycles. The second kappa shape index (κ2) is 6.97. The molecular formula is C17H12Br2N2O4. The SMILES string of the molecule is CCOC(=O)c1cnc2c(c1)/C(=C/c1cc(Br)c(O)c(Br)c1)C(=O)N2. The second-order valence-corrected chi connectivity index (χ2v) is 6.89. The van der Waals surface area contributed by atoms with Crippen LogP contribution in [0.1, 0.15) is 28.4 Å². The highest BCUT2D eigenvalue weighted by Gasteiger charge is 2.27. The van der Waals surface area contributed by atoms with E-state index in [0.717, 1.165) is 0 Å². The van der Waals surface area contributed by atoms with Crippen molar-refractivity contribution < 1.29 is 19.4 Å². The molecule has 0 unspecified atom stereocenters. The molecule has 0 spiro atoms. The molecule has 1 aliphatic heterocycles. The van der Waals surface area contributed by atoms with Gasteiger partial charge in [-0.3, -0.25) is 4.79 Å². The molecule has 3 rings (SSSR count). The van der Waals surface area contributed by atoms with E-state index in [4.69, 9.17) is 4.74 Å². The highest BCUT2D eigenvalue weighted by atomic mass is 79.9. The number of phenolic OH excluding ortho intramolecular Hbond substituents is 1. The van der Waals surface area contributed by atoms with Crippen molar-refractivity contribution >= 4 is 61.2 Å². The molecule has 0 atom stereocenters. The van der Waals surface area contributed by atoms with E-state index in [-0.39, 0.29) is 23.8 Å². The van der Waals surface area contributed by atoms with E-state index in [1.165, 1.54) is 6.20 Å². The zero-order valence-electron chi connectivity index (χ0n) is 13.0. The van der Waals surface area contributed by atoms with E-state index >= 15 is 0 Å². The summed E-state index contributed by atoms with van der Waals surface area (Å²) in [7, 11) is 0. The first-order valence-electron chi connectivity index (χ1n) is 7.29. The number of amides is 1. The Morgan fingerprint density at radius 1 is 1.32 bits per heavy atom. The van der Waals surface area contributed by atoms with Gasteiger partial charge in [0.1, 0.15) is 11.6 Å². The van der Waals surface area contributed by atoms with Crippen molar-refractivity contribution in [1.29, 1.82) is 0 Å². The topological polar surface area (TPSA) is 88.5 Å². The van der Waals surface area contributed by atoms with E-state index in [9.17, 15) is 14.7 Å². The minimum atomic E-state index is -0.494. The molecule has 2 aromatic rings. The van der Waals surface area contributed by atoms with E-state index in [0.29, 0.717) is 31.5 Å². The summed E-state index contributed by atoms with van der Waals surface area (Å²) in [4.78, 5) is 28.3. The highest BCUT2D eigenvalue weighted by molar-refractivity contribution is 9.11. The molecule has 1 aromatic heterocycles. The predicted molar refractivity (Wildman–Crippen MR) is 100 cm³/mol. The molecule has 2 N–H and O–H groups in total. The molecule has 1 amide bonds. The fourth-order valence-corrected chi connectivity index (χ4v) is 3.59. The largest absolute Gasteiger partial charge is 0.506 e. The van der Waals surface area contributed by atoms with Gasteiger partial charge in [-0.05, 0) is 68.6 Å². The van der Waals surface area contributed by atoms with Crippen LogP contribution in [0.2, 0.25) is 0 Å². The molecule has 8 heteroatoms. The van der Waals surface area contributed by atoms with Crippen LogP contribution in [0.3, 0.4) is 0 Å². The number of hydrogen-bond acceptors (Lipinski definition) is 5. The molecule has 1 aliphatic rings. The number of carbonyl (C=O) groups is 2. The van der Waals surface area contributed by atoms with Crippen molar-refractivity contribution in [3.8, 4) is 5.75 Å². The Morgan fingerprint density at radius 2 is 2.00 bits per heavy atom. The number of ether oxygens (including phenoxy) is 1. The zero-order valence-corrected chi connectivity index (χ0v) is 16.1. The van der Waals surface area contributed by atoms with Gasteiger partial charge in [0.05, 0.1) is 26.7 Å². The maximum atomic E-state index is 12.3. The number of fused-ring (bicyclic) bond motifs is 1. The number of pyridine rings is 1. The van der Waals surface area contributed by atoms with Gasteiger partial charge in [0.2, 0.25) is 0 Å². The molecule has 0 radical (unpaired) electrons. The van der Waals surface area contributed by atoms with Crippen LogP contribution in [0.25, 0.3) is 11.6 Å². The zero-order chi connectivity index (χ0) is 18.1. The molecule has 128 valence electrons. The van der Waals surface area contributed by atoms with Crippen LogP contribution in [-0.2, 0) is 9.53 Å². The number of hydrogen-bond donors (Lipinski definition) is 2. The van der Waals surface area contributed by atoms with Gasteiger partial charge in [-0.1, -0.05) is 0 Å². The molecule has 6 nitrogen and oxygen atoms in total. The Balaban J connectivity index is 2.06. The van der Waals surface area contributed by atoms with Gasteiger partial charge in [0, 0.05) is 11.8 Å². The highest BCUT2D eigenvalue weighted by Crippen LogP contribution is 2.36. The van der Waals surface area contributed by atoms with Gasteiger partial charge in [-0.25, -0.2) is 9.78 Å². The molecule has 0 saturated carbocycles. The number of phenols is 1. The van der Waals surface area contributed by atoms with Crippen LogP contribution in [0.5, 0.6) is 5.75 Å². The average Bonchev–Trinajstić information content (AvgIpc) is 2.88. The molecule has 0 saturated heterocycles. The Morgan fingerprint density at radius 3 is 2.64 bits per heavy atom. The lowest BCUT2D eigenvalue weighted by Crippen LogP contribution is -2.05. The van der Waals surface area contributed by atoms with Gasteiger partial charge in [-0.2, -0.15) is 0 Å². The Bertz CT molecular complexity index is 902. The maximum Gasteiger partial charge on any atom is 0.339 e. The fraction of sp³-hybridized carbons (Fsp3) is 0.118. The maximum absolute atomic E-state index is 12.3. The second-order valence-electron chi connectivity index (χ2n) is 5.19. The predicted octanol–water partition coefficient (Wildman–Crippen LogP) is 3.98. The number of carbonyl (C=O) groups excluding carboxylic acids is 2. The fourth-order valence-electron chi connectivity index (χ4n) is 2.37. The van der Waals surface area contributed by atoms with Gasteiger partial charge in [0.15, 0.2) is 0 Å². The van der Waals surface area contributed by atoms with Gasteiger partial charge in [0.25, 0.3) is 5.91 Å². The lowest BCUT2D eigenvalue weighted by molar-refractivity contribution is -0.110. The summed E-state index contributed by atoms with van der Waals surface area (Å²) in [6, 6.07) is 4.94. The van der Waals surface area contributed by atoms with Gasteiger partial charge in [-0.15, -0.1) is 0 Å². The van der Waals surface area contributed by atoms with Crippen molar-refractivity contribution in [3.63, 3.8) is 0 Å². The van der Waals surface area contributed by atoms with Crippen molar-refractivity contribution in [2.45, 2.75) is 6.92 Å². The first-order chi connectivity index (χ1) is 11.9.